The molecule has 0 amide bonds. The van der Waals surface area contributed by atoms with Crippen LogP contribution in [0.5, 0.6) is 5.75 Å². The molecule has 1 aromatic carbocycles. The van der Waals surface area contributed by atoms with Gasteiger partial charge in [0.15, 0.2) is 0 Å². The van der Waals surface area contributed by atoms with Crippen molar-refractivity contribution in [1.29, 1.82) is 0 Å². The van der Waals surface area contributed by atoms with Crippen molar-refractivity contribution in [3.63, 3.8) is 0 Å². The summed E-state index contributed by atoms with van der Waals surface area (Å²) in [7, 11) is 0. The standard InChI is InChI=1S/C25H32O8/c1-16(21-14-30-25(33-32-21)13-17-7-8-19(25)11-17)18-5-4-6-20(12-18)31-24(2,3)15-29-23(28)10-9-22(26)27/h4-6,12,17,19,21H,1,7-11,13-15H2,2-3H3,(H,26,27). The molecule has 8 heteroatoms. The first-order chi connectivity index (χ1) is 15.7. The van der Waals surface area contributed by atoms with E-state index in [1.165, 1.54) is 6.42 Å². The first kappa shape index (κ1) is 23.7. The van der Waals surface area contributed by atoms with Gasteiger partial charge in [0, 0.05) is 12.3 Å². The molecule has 1 spiro atoms. The molecule has 3 aliphatic rings. The van der Waals surface area contributed by atoms with Crippen molar-refractivity contribution in [3.05, 3.63) is 36.4 Å². The zero-order valence-electron chi connectivity index (χ0n) is 19.2. The Morgan fingerprint density at radius 3 is 2.73 bits per heavy atom. The first-order valence-electron chi connectivity index (χ1n) is 11.5. The smallest absolute Gasteiger partial charge is 0.306 e. The summed E-state index contributed by atoms with van der Waals surface area (Å²) in [5.41, 5.74) is 0.764. The van der Waals surface area contributed by atoms with Crippen LogP contribution in [0.2, 0.25) is 0 Å². The molecule has 3 fully saturated rings. The van der Waals surface area contributed by atoms with Crippen molar-refractivity contribution in [2.75, 3.05) is 13.2 Å². The Kier molecular flexibility index (Phi) is 6.79. The number of carbonyl (C=O) groups is 2. The fraction of sp³-hybridized carbons (Fsp3) is 0.600. The van der Waals surface area contributed by atoms with E-state index in [-0.39, 0.29) is 19.4 Å². The lowest BCUT2D eigenvalue weighted by atomic mass is 9.93. The number of benzene rings is 1. The first-order valence-corrected chi connectivity index (χ1v) is 11.5. The van der Waals surface area contributed by atoms with E-state index in [1.54, 1.807) is 13.8 Å². The lowest BCUT2D eigenvalue weighted by Gasteiger charge is -2.41. The van der Waals surface area contributed by atoms with Gasteiger partial charge >= 0.3 is 11.9 Å². The van der Waals surface area contributed by atoms with Crippen LogP contribution in [0, 0.1) is 11.8 Å². The van der Waals surface area contributed by atoms with Crippen molar-refractivity contribution in [2.24, 2.45) is 11.8 Å². The van der Waals surface area contributed by atoms with Crippen LogP contribution in [-0.2, 0) is 28.8 Å². The molecular weight excluding hydrogens is 428 g/mol. The van der Waals surface area contributed by atoms with Crippen molar-refractivity contribution >= 4 is 17.5 Å². The molecule has 4 atom stereocenters. The number of hydrogen-bond acceptors (Lipinski definition) is 7. The zero-order chi connectivity index (χ0) is 23.6. The SMILES string of the molecule is C=C(c1cccc(OC(C)(C)COC(=O)CCC(=O)O)c1)C1COC2(CC3CCC2C3)OO1. The number of ether oxygens (including phenoxy) is 3. The second kappa shape index (κ2) is 9.44. The zero-order valence-corrected chi connectivity index (χ0v) is 19.2. The van der Waals surface area contributed by atoms with Gasteiger partial charge in [0.1, 0.15) is 24.1 Å². The summed E-state index contributed by atoms with van der Waals surface area (Å²) in [6, 6.07) is 7.43. The molecule has 8 nitrogen and oxygen atoms in total. The predicted molar refractivity (Wildman–Crippen MR) is 118 cm³/mol. The van der Waals surface area contributed by atoms with Gasteiger partial charge in [0.2, 0.25) is 5.79 Å². The fourth-order valence-electron chi connectivity index (χ4n) is 4.90. The highest BCUT2D eigenvalue weighted by molar-refractivity contribution is 5.76. The summed E-state index contributed by atoms with van der Waals surface area (Å²) in [5.74, 6) is -0.526. The van der Waals surface area contributed by atoms with E-state index in [0.29, 0.717) is 24.2 Å². The van der Waals surface area contributed by atoms with Crippen molar-refractivity contribution in [3.8, 4) is 5.75 Å². The molecule has 1 heterocycles. The van der Waals surface area contributed by atoms with E-state index in [4.69, 9.17) is 29.1 Å². The predicted octanol–water partition coefficient (Wildman–Crippen LogP) is 4.13. The summed E-state index contributed by atoms with van der Waals surface area (Å²) >= 11 is 0. The molecule has 2 aliphatic carbocycles. The van der Waals surface area contributed by atoms with Crippen LogP contribution in [-0.4, -0.2) is 47.8 Å². The lowest BCUT2D eigenvalue weighted by Crippen LogP contribution is -2.48. The molecule has 180 valence electrons. The topological polar surface area (TPSA) is 101 Å². The minimum atomic E-state index is -1.04. The molecule has 1 N–H and O–H groups in total. The Bertz CT molecular complexity index is 899. The Labute approximate surface area is 193 Å². The number of rotatable bonds is 9. The molecular formula is C25H32O8. The van der Waals surface area contributed by atoms with Gasteiger partial charge in [-0.25, -0.2) is 9.78 Å². The van der Waals surface area contributed by atoms with Crippen molar-refractivity contribution in [2.45, 2.75) is 69.9 Å². The van der Waals surface area contributed by atoms with Crippen LogP contribution in [0.25, 0.3) is 5.57 Å². The third-order valence-electron chi connectivity index (χ3n) is 6.63. The highest BCUT2D eigenvalue weighted by Gasteiger charge is 2.56. The van der Waals surface area contributed by atoms with Crippen molar-refractivity contribution < 1.29 is 38.7 Å². The highest BCUT2D eigenvalue weighted by Crippen LogP contribution is 2.54. The second-order valence-electron chi connectivity index (χ2n) is 9.84. The van der Waals surface area contributed by atoms with E-state index < -0.39 is 29.4 Å². The number of fused-ring (bicyclic) bond motifs is 3. The second-order valence-corrected chi connectivity index (χ2v) is 9.84. The van der Waals surface area contributed by atoms with E-state index in [1.807, 2.05) is 24.3 Å². The third kappa shape index (κ3) is 5.57. The summed E-state index contributed by atoms with van der Waals surface area (Å²) in [5, 5.41) is 8.66. The quantitative estimate of drug-likeness (QED) is 0.434. The Hall–Kier alpha value is -2.42. The summed E-state index contributed by atoms with van der Waals surface area (Å²) < 4.78 is 17.4. The maximum atomic E-state index is 11.7. The molecule has 2 saturated carbocycles. The molecule has 4 unspecified atom stereocenters. The molecule has 1 aliphatic heterocycles. The monoisotopic (exact) mass is 460 g/mol. The molecule has 4 rings (SSSR count). The third-order valence-corrected chi connectivity index (χ3v) is 6.63. The average Bonchev–Trinajstić information content (AvgIpc) is 3.38. The van der Waals surface area contributed by atoms with Crippen LogP contribution in [0.1, 0.15) is 57.9 Å². The van der Waals surface area contributed by atoms with E-state index in [9.17, 15) is 9.59 Å². The molecule has 0 aromatic heterocycles. The number of aliphatic carboxylic acids is 1. The van der Waals surface area contributed by atoms with Gasteiger partial charge in [-0.15, -0.1) is 0 Å². The Morgan fingerprint density at radius 1 is 1.27 bits per heavy atom. The number of carbonyl (C=O) groups excluding carboxylic acids is 1. The van der Waals surface area contributed by atoms with Gasteiger partial charge in [0.05, 0.1) is 19.4 Å². The maximum absolute atomic E-state index is 11.7. The molecule has 33 heavy (non-hydrogen) atoms. The van der Waals surface area contributed by atoms with Crippen LogP contribution in [0.15, 0.2) is 30.8 Å². The maximum Gasteiger partial charge on any atom is 0.306 e. The van der Waals surface area contributed by atoms with Gasteiger partial charge in [-0.1, -0.05) is 18.7 Å². The minimum absolute atomic E-state index is 0.00567. The lowest BCUT2D eigenvalue weighted by molar-refractivity contribution is -0.488. The highest BCUT2D eigenvalue weighted by atomic mass is 17.2. The molecule has 1 saturated heterocycles. The van der Waals surface area contributed by atoms with E-state index in [2.05, 4.69) is 6.58 Å². The summed E-state index contributed by atoms with van der Waals surface area (Å²) in [6.45, 7) is 8.16. The Morgan fingerprint density at radius 2 is 2.09 bits per heavy atom. The van der Waals surface area contributed by atoms with Crippen LogP contribution in [0.3, 0.4) is 0 Å². The summed E-state index contributed by atoms with van der Waals surface area (Å²) in [6.07, 6.45) is 3.59. The normalized spacial score (nSPS) is 28.6. The van der Waals surface area contributed by atoms with Gasteiger partial charge in [-0.3, -0.25) is 9.59 Å². The molecule has 1 aromatic rings. The largest absolute Gasteiger partial charge is 0.484 e. The van der Waals surface area contributed by atoms with Gasteiger partial charge in [-0.2, -0.15) is 0 Å². The summed E-state index contributed by atoms with van der Waals surface area (Å²) in [4.78, 5) is 33.9. The van der Waals surface area contributed by atoms with E-state index in [0.717, 1.165) is 30.4 Å². The number of hydrogen-bond donors (Lipinski definition) is 1. The Balaban J connectivity index is 1.30. The van der Waals surface area contributed by atoms with Gasteiger partial charge in [-0.05, 0) is 62.3 Å². The molecule has 2 bridgehead atoms. The number of esters is 1. The molecule has 0 radical (unpaired) electrons. The number of carboxylic acids is 1. The van der Waals surface area contributed by atoms with Crippen molar-refractivity contribution in [1.82, 2.24) is 0 Å². The average molecular weight is 461 g/mol. The fourth-order valence-corrected chi connectivity index (χ4v) is 4.90. The minimum Gasteiger partial charge on any atom is -0.484 e. The van der Waals surface area contributed by atoms with E-state index >= 15 is 0 Å². The van der Waals surface area contributed by atoms with Crippen LogP contribution >= 0.6 is 0 Å². The van der Waals surface area contributed by atoms with Crippen LogP contribution in [0.4, 0.5) is 0 Å². The van der Waals surface area contributed by atoms with Gasteiger partial charge in [0.25, 0.3) is 0 Å². The van der Waals surface area contributed by atoms with Gasteiger partial charge < -0.3 is 19.3 Å². The van der Waals surface area contributed by atoms with Crippen LogP contribution < -0.4 is 4.74 Å². The number of carboxylic acid groups (broad SMARTS) is 1.